The van der Waals surface area contributed by atoms with Gasteiger partial charge in [-0.2, -0.15) is 0 Å². The number of nitrogens with zero attached hydrogens (tertiary/aromatic N) is 1. The lowest BCUT2D eigenvalue weighted by atomic mass is 10.2. The summed E-state index contributed by atoms with van der Waals surface area (Å²) in [4.78, 5) is 4.17. The molecule has 0 bridgehead atoms. The Morgan fingerprint density at radius 2 is 1.73 bits per heavy atom. The fourth-order valence-electron chi connectivity index (χ4n) is 1.27. The molecule has 15 heavy (non-hydrogen) atoms. The summed E-state index contributed by atoms with van der Waals surface area (Å²) in [7, 11) is 0. The fourth-order valence-corrected chi connectivity index (χ4v) is 1.51. The minimum atomic E-state index is 0.654. The van der Waals surface area contributed by atoms with Crippen LogP contribution < -0.4 is 0 Å². The van der Waals surface area contributed by atoms with Gasteiger partial charge in [0.15, 0.2) is 0 Å². The maximum Gasteiger partial charge on any atom is 0.0816 e. The molecule has 0 aliphatic carbocycles. The number of aromatic nitrogens is 1. The third kappa shape index (κ3) is 2.67. The van der Waals surface area contributed by atoms with Gasteiger partial charge in [0, 0.05) is 6.20 Å². The molecule has 0 spiro atoms. The van der Waals surface area contributed by atoms with Crippen LogP contribution in [0.5, 0.6) is 0 Å². The highest BCUT2D eigenvalue weighted by Gasteiger charge is 1.97. The molecule has 0 radical (unpaired) electrons. The molecule has 0 fully saturated rings. The largest absolute Gasteiger partial charge is 0.255 e. The van der Waals surface area contributed by atoms with Crippen LogP contribution in [0, 0.1) is 0 Å². The number of halogens is 1. The number of hydrogen-bond acceptors (Lipinski definition) is 1. The van der Waals surface area contributed by atoms with E-state index in [0.717, 1.165) is 11.3 Å². The van der Waals surface area contributed by atoms with Crippen molar-refractivity contribution < 1.29 is 0 Å². The van der Waals surface area contributed by atoms with E-state index in [4.69, 9.17) is 11.6 Å². The molecular formula is C13H10ClN. The van der Waals surface area contributed by atoms with Gasteiger partial charge in [-0.15, -0.1) is 0 Å². The highest BCUT2D eigenvalue weighted by molar-refractivity contribution is 6.51. The summed E-state index contributed by atoms with van der Waals surface area (Å²) in [5.74, 6) is 0. The van der Waals surface area contributed by atoms with Crippen molar-refractivity contribution in [1.29, 1.82) is 0 Å². The Labute approximate surface area is 94.1 Å². The second kappa shape index (κ2) is 4.76. The zero-order valence-corrected chi connectivity index (χ0v) is 8.85. The van der Waals surface area contributed by atoms with Crippen LogP contribution in [0.15, 0.2) is 54.7 Å². The zero-order valence-electron chi connectivity index (χ0n) is 8.10. The maximum absolute atomic E-state index is 6.14. The van der Waals surface area contributed by atoms with Crippen molar-refractivity contribution in [3.05, 3.63) is 66.0 Å². The summed E-state index contributed by atoms with van der Waals surface area (Å²) < 4.78 is 0. The van der Waals surface area contributed by atoms with E-state index >= 15 is 0 Å². The smallest absolute Gasteiger partial charge is 0.0816 e. The Hall–Kier alpha value is -1.60. The van der Waals surface area contributed by atoms with Gasteiger partial charge in [0.05, 0.1) is 10.7 Å². The molecular weight excluding hydrogens is 206 g/mol. The molecule has 1 aromatic heterocycles. The number of hydrogen-bond donors (Lipinski definition) is 0. The Bertz CT molecular complexity index is 448. The molecule has 2 rings (SSSR count). The van der Waals surface area contributed by atoms with Crippen LogP contribution >= 0.6 is 11.6 Å². The van der Waals surface area contributed by atoms with Crippen molar-refractivity contribution in [2.75, 3.05) is 0 Å². The molecule has 0 atom stereocenters. The van der Waals surface area contributed by atoms with E-state index in [0.29, 0.717) is 5.03 Å². The third-order valence-corrected chi connectivity index (χ3v) is 2.31. The Morgan fingerprint density at radius 3 is 2.40 bits per heavy atom. The number of pyridine rings is 1. The maximum atomic E-state index is 6.14. The van der Waals surface area contributed by atoms with Crippen molar-refractivity contribution in [1.82, 2.24) is 4.98 Å². The predicted octanol–water partition coefficient (Wildman–Crippen LogP) is 3.82. The van der Waals surface area contributed by atoms with Gasteiger partial charge in [0.1, 0.15) is 0 Å². The summed E-state index contributed by atoms with van der Waals surface area (Å²) in [6, 6.07) is 15.6. The highest BCUT2D eigenvalue weighted by Crippen LogP contribution is 2.19. The Kier molecular flexibility index (Phi) is 3.15. The molecule has 0 unspecified atom stereocenters. The lowest BCUT2D eigenvalue weighted by Gasteiger charge is -1.97. The lowest BCUT2D eigenvalue weighted by Crippen LogP contribution is -1.81. The van der Waals surface area contributed by atoms with Gasteiger partial charge < -0.3 is 0 Å². The van der Waals surface area contributed by atoms with Crippen molar-refractivity contribution >= 4 is 22.7 Å². The standard InChI is InChI=1S/C13H10ClN/c14-12(13-8-4-5-9-15-13)10-11-6-2-1-3-7-11/h1-10H/b12-10+. The van der Waals surface area contributed by atoms with Crippen molar-refractivity contribution in [3.8, 4) is 0 Å². The number of benzene rings is 1. The summed E-state index contributed by atoms with van der Waals surface area (Å²) in [5, 5.41) is 0.654. The topological polar surface area (TPSA) is 12.9 Å². The van der Waals surface area contributed by atoms with Crippen LogP contribution in [-0.4, -0.2) is 4.98 Å². The van der Waals surface area contributed by atoms with Gasteiger partial charge in [-0.25, -0.2) is 0 Å². The van der Waals surface area contributed by atoms with Crippen LogP contribution in [0.1, 0.15) is 11.3 Å². The fraction of sp³-hybridized carbons (Fsp3) is 0. The van der Waals surface area contributed by atoms with Gasteiger partial charge in [-0.3, -0.25) is 4.98 Å². The normalized spacial score (nSPS) is 11.4. The van der Waals surface area contributed by atoms with Crippen LogP contribution in [0.2, 0.25) is 0 Å². The first kappa shape index (κ1) is 9.94. The molecule has 1 nitrogen and oxygen atoms in total. The summed E-state index contributed by atoms with van der Waals surface area (Å²) in [6.07, 6.45) is 3.64. The second-order valence-electron chi connectivity index (χ2n) is 3.12. The summed E-state index contributed by atoms with van der Waals surface area (Å²) in [5.41, 5.74) is 1.87. The Balaban J connectivity index is 2.29. The first-order valence-corrected chi connectivity index (χ1v) is 5.08. The molecule has 1 aromatic carbocycles. The highest BCUT2D eigenvalue weighted by atomic mass is 35.5. The van der Waals surface area contributed by atoms with E-state index in [1.165, 1.54) is 0 Å². The number of rotatable bonds is 2. The molecule has 0 amide bonds. The lowest BCUT2D eigenvalue weighted by molar-refractivity contribution is 1.29. The molecule has 0 aliphatic rings. The Morgan fingerprint density at radius 1 is 1.00 bits per heavy atom. The zero-order chi connectivity index (χ0) is 10.5. The molecule has 2 aromatic rings. The van der Waals surface area contributed by atoms with E-state index in [-0.39, 0.29) is 0 Å². The SMILES string of the molecule is Cl/C(=C/c1ccccc1)c1ccccn1. The quantitative estimate of drug-likeness (QED) is 0.742. The van der Waals surface area contributed by atoms with Gasteiger partial charge in [0.2, 0.25) is 0 Å². The second-order valence-corrected chi connectivity index (χ2v) is 3.53. The molecule has 0 N–H and O–H groups in total. The van der Waals surface area contributed by atoms with Gasteiger partial charge in [0.25, 0.3) is 0 Å². The van der Waals surface area contributed by atoms with Crippen molar-refractivity contribution in [2.24, 2.45) is 0 Å². The minimum Gasteiger partial charge on any atom is -0.255 e. The van der Waals surface area contributed by atoms with E-state index in [1.807, 2.05) is 54.6 Å². The molecule has 0 saturated carbocycles. The molecule has 1 heterocycles. The molecule has 0 aliphatic heterocycles. The monoisotopic (exact) mass is 215 g/mol. The average molecular weight is 216 g/mol. The van der Waals surface area contributed by atoms with Gasteiger partial charge >= 0.3 is 0 Å². The molecule has 2 heteroatoms. The first-order chi connectivity index (χ1) is 7.36. The summed E-state index contributed by atoms with van der Waals surface area (Å²) >= 11 is 6.14. The predicted molar refractivity (Wildman–Crippen MR) is 64.4 cm³/mol. The van der Waals surface area contributed by atoms with E-state index in [1.54, 1.807) is 6.20 Å². The van der Waals surface area contributed by atoms with Crippen LogP contribution in [-0.2, 0) is 0 Å². The average Bonchev–Trinajstić information content (AvgIpc) is 2.31. The van der Waals surface area contributed by atoms with E-state index in [9.17, 15) is 0 Å². The van der Waals surface area contributed by atoms with Crippen molar-refractivity contribution in [2.45, 2.75) is 0 Å². The first-order valence-electron chi connectivity index (χ1n) is 4.70. The van der Waals surface area contributed by atoms with Crippen LogP contribution in [0.3, 0.4) is 0 Å². The van der Waals surface area contributed by atoms with E-state index < -0.39 is 0 Å². The van der Waals surface area contributed by atoms with Crippen molar-refractivity contribution in [3.63, 3.8) is 0 Å². The third-order valence-electron chi connectivity index (χ3n) is 2.00. The van der Waals surface area contributed by atoms with Crippen LogP contribution in [0.4, 0.5) is 0 Å². The summed E-state index contributed by atoms with van der Waals surface area (Å²) in [6.45, 7) is 0. The van der Waals surface area contributed by atoms with Gasteiger partial charge in [-0.1, -0.05) is 48.0 Å². The minimum absolute atomic E-state index is 0.654. The van der Waals surface area contributed by atoms with E-state index in [2.05, 4.69) is 4.98 Å². The van der Waals surface area contributed by atoms with Crippen LogP contribution in [0.25, 0.3) is 11.1 Å². The van der Waals surface area contributed by atoms with Gasteiger partial charge in [-0.05, 0) is 23.8 Å². The molecule has 74 valence electrons. The molecule has 0 saturated heterocycles.